The molecule has 3 nitrogen and oxygen atoms in total. The Kier molecular flexibility index (Phi) is 1.90. The highest BCUT2D eigenvalue weighted by Gasteiger charge is 2.65. The van der Waals surface area contributed by atoms with Crippen LogP contribution in [0.25, 0.3) is 0 Å². The summed E-state index contributed by atoms with van der Waals surface area (Å²) in [5.74, 6) is 0. The van der Waals surface area contributed by atoms with Gasteiger partial charge in [0, 0.05) is 19.2 Å². The third-order valence-electron chi connectivity index (χ3n) is 3.63. The number of piperidine rings is 1. The molecule has 1 saturated carbocycles. The highest BCUT2D eigenvalue weighted by molar-refractivity contribution is 5.22. The first-order valence-corrected chi connectivity index (χ1v) is 4.64. The monoisotopic (exact) mass is 170 g/mol. The van der Waals surface area contributed by atoms with Gasteiger partial charge >= 0.3 is 0 Å². The predicted octanol–water partition coefficient (Wildman–Crippen LogP) is 0.0674. The molecule has 2 fully saturated rings. The lowest BCUT2D eigenvalue weighted by molar-refractivity contribution is 0.146. The van der Waals surface area contributed by atoms with E-state index < -0.39 is 0 Å². The summed E-state index contributed by atoms with van der Waals surface area (Å²) < 4.78 is 5.26. The molecule has 4 atom stereocenters. The molecule has 1 saturated heterocycles. The molecule has 2 rings (SSSR count). The number of ether oxygens (including phenoxy) is 1. The Labute approximate surface area is 74.1 Å². The molecule has 1 aliphatic heterocycles. The van der Waals surface area contributed by atoms with Crippen molar-refractivity contribution in [3.8, 4) is 0 Å². The lowest BCUT2D eigenvalue weighted by Gasteiger charge is -2.18. The topological polar surface area (TPSA) is 24.3 Å². The number of fused-ring (bicyclic) bond motifs is 1. The van der Waals surface area contributed by atoms with Crippen LogP contribution in [-0.2, 0) is 4.74 Å². The highest BCUT2D eigenvalue weighted by atomic mass is 16.5. The molecule has 4 unspecified atom stereocenters. The lowest BCUT2D eigenvalue weighted by Crippen LogP contribution is -2.31. The molecule has 1 N–H and O–H groups in total. The second kappa shape index (κ2) is 2.69. The summed E-state index contributed by atoms with van der Waals surface area (Å²) in [6.07, 6.45) is 2.54. The molecule has 0 spiro atoms. The van der Waals surface area contributed by atoms with E-state index in [-0.39, 0.29) is 0 Å². The van der Waals surface area contributed by atoms with Crippen molar-refractivity contribution in [1.82, 2.24) is 10.2 Å². The van der Waals surface area contributed by atoms with Crippen molar-refractivity contribution in [3.05, 3.63) is 0 Å². The minimum absolute atomic E-state index is 0.391. The van der Waals surface area contributed by atoms with Crippen molar-refractivity contribution >= 4 is 0 Å². The van der Waals surface area contributed by atoms with E-state index in [0.29, 0.717) is 11.6 Å². The van der Waals surface area contributed by atoms with Gasteiger partial charge in [-0.15, -0.1) is 0 Å². The molecule has 0 aromatic rings. The Hall–Kier alpha value is -0.120. The number of hydrogen-bond acceptors (Lipinski definition) is 3. The molecule has 0 aromatic heterocycles. The summed E-state index contributed by atoms with van der Waals surface area (Å²) in [6, 6.07) is 1.48. The maximum atomic E-state index is 5.26. The van der Waals surface area contributed by atoms with Crippen molar-refractivity contribution in [1.29, 1.82) is 0 Å². The molecule has 0 aromatic carbocycles. The van der Waals surface area contributed by atoms with Crippen molar-refractivity contribution in [2.24, 2.45) is 0 Å². The van der Waals surface area contributed by atoms with Crippen LogP contribution in [0.15, 0.2) is 0 Å². The largest absolute Gasteiger partial charge is 0.383 e. The zero-order chi connectivity index (χ0) is 8.77. The van der Waals surface area contributed by atoms with Gasteiger partial charge < -0.3 is 10.1 Å². The van der Waals surface area contributed by atoms with Crippen LogP contribution in [0.1, 0.15) is 12.8 Å². The van der Waals surface area contributed by atoms with Gasteiger partial charge in [-0.25, -0.2) is 0 Å². The van der Waals surface area contributed by atoms with Crippen LogP contribution in [-0.4, -0.2) is 50.3 Å². The van der Waals surface area contributed by atoms with Crippen LogP contribution < -0.4 is 5.32 Å². The SMILES string of the molecule is CNC1CC2N(C)C2(COC)C1. The van der Waals surface area contributed by atoms with Crippen LogP contribution in [0, 0.1) is 0 Å². The fraction of sp³-hybridized carbons (Fsp3) is 1.00. The van der Waals surface area contributed by atoms with Crippen LogP contribution in [0.5, 0.6) is 0 Å². The summed E-state index contributed by atoms with van der Waals surface area (Å²) in [5.41, 5.74) is 0.391. The average Bonchev–Trinajstić information content (AvgIpc) is 2.50. The van der Waals surface area contributed by atoms with Gasteiger partial charge in [-0.05, 0) is 26.9 Å². The summed E-state index contributed by atoms with van der Waals surface area (Å²) >= 11 is 0. The fourth-order valence-electron chi connectivity index (χ4n) is 2.77. The Balaban J connectivity index is 1.98. The minimum Gasteiger partial charge on any atom is -0.383 e. The van der Waals surface area contributed by atoms with E-state index in [0.717, 1.165) is 12.6 Å². The molecule has 0 bridgehead atoms. The molecule has 2 aliphatic rings. The van der Waals surface area contributed by atoms with Gasteiger partial charge in [0.1, 0.15) is 0 Å². The lowest BCUT2D eigenvalue weighted by atomic mass is 10.1. The number of nitrogens with zero attached hydrogens (tertiary/aromatic N) is 1. The number of likely N-dealkylation sites (tertiary alicyclic amines) is 1. The normalized spacial score (nSPS) is 50.8. The minimum atomic E-state index is 0.391. The van der Waals surface area contributed by atoms with Crippen molar-refractivity contribution in [2.75, 3.05) is 27.8 Å². The molecule has 1 heterocycles. The van der Waals surface area contributed by atoms with Crippen LogP contribution in [0.4, 0.5) is 0 Å². The van der Waals surface area contributed by atoms with Crippen LogP contribution in [0.3, 0.4) is 0 Å². The highest BCUT2D eigenvalue weighted by Crippen LogP contribution is 2.51. The zero-order valence-electron chi connectivity index (χ0n) is 8.13. The third kappa shape index (κ3) is 0.934. The average molecular weight is 170 g/mol. The van der Waals surface area contributed by atoms with E-state index in [1.165, 1.54) is 12.8 Å². The van der Waals surface area contributed by atoms with Crippen LogP contribution in [0.2, 0.25) is 0 Å². The van der Waals surface area contributed by atoms with Gasteiger partial charge in [0.25, 0.3) is 0 Å². The molecule has 70 valence electrons. The van der Waals surface area contributed by atoms with E-state index in [1.807, 2.05) is 0 Å². The molecule has 1 aliphatic carbocycles. The van der Waals surface area contributed by atoms with Gasteiger partial charge in [0.05, 0.1) is 12.1 Å². The first-order valence-electron chi connectivity index (χ1n) is 4.64. The van der Waals surface area contributed by atoms with Crippen molar-refractivity contribution in [2.45, 2.75) is 30.5 Å². The number of methoxy groups -OCH3 is 1. The number of likely N-dealkylation sites (N-methyl/N-ethyl adjacent to an activating group) is 1. The second-order valence-electron chi connectivity index (χ2n) is 4.09. The van der Waals surface area contributed by atoms with Gasteiger partial charge in [0.2, 0.25) is 0 Å². The van der Waals surface area contributed by atoms with Crippen LogP contribution >= 0.6 is 0 Å². The molecule has 0 amide bonds. The number of rotatable bonds is 3. The summed E-state index contributed by atoms with van der Waals surface area (Å²) in [5, 5.41) is 3.35. The summed E-state index contributed by atoms with van der Waals surface area (Å²) in [7, 11) is 6.05. The van der Waals surface area contributed by atoms with Gasteiger partial charge in [0.15, 0.2) is 0 Å². The molecular formula is C9H18N2O. The summed E-state index contributed by atoms with van der Waals surface area (Å²) in [4.78, 5) is 2.45. The molecule has 12 heavy (non-hydrogen) atoms. The van der Waals surface area contributed by atoms with E-state index >= 15 is 0 Å². The summed E-state index contributed by atoms with van der Waals surface area (Å²) in [6.45, 7) is 0.895. The maximum absolute atomic E-state index is 5.26. The Morgan fingerprint density at radius 3 is 3.00 bits per heavy atom. The first kappa shape index (κ1) is 8.48. The Morgan fingerprint density at radius 1 is 1.67 bits per heavy atom. The maximum Gasteiger partial charge on any atom is 0.0662 e. The molecular weight excluding hydrogens is 152 g/mol. The fourth-order valence-corrected chi connectivity index (χ4v) is 2.77. The van der Waals surface area contributed by atoms with E-state index in [1.54, 1.807) is 7.11 Å². The third-order valence-corrected chi connectivity index (χ3v) is 3.63. The standard InChI is InChI=1S/C9H18N2O/c1-10-7-4-8-9(5-7,6-12-3)11(8)2/h7-8,10H,4-6H2,1-3H3. The number of hydrogen-bond donors (Lipinski definition) is 1. The Bertz CT molecular complexity index is 185. The molecule has 3 heteroatoms. The quantitative estimate of drug-likeness (QED) is 0.606. The second-order valence-corrected chi connectivity index (χ2v) is 4.09. The predicted molar refractivity (Wildman–Crippen MR) is 48.2 cm³/mol. The molecule has 0 radical (unpaired) electrons. The smallest absolute Gasteiger partial charge is 0.0662 e. The van der Waals surface area contributed by atoms with Gasteiger partial charge in [-0.1, -0.05) is 0 Å². The number of nitrogens with one attached hydrogen (secondary N) is 1. The van der Waals surface area contributed by atoms with Gasteiger partial charge in [-0.2, -0.15) is 0 Å². The first-order chi connectivity index (χ1) is 5.74. The van der Waals surface area contributed by atoms with Crippen molar-refractivity contribution < 1.29 is 4.74 Å². The van der Waals surface area contributed by atoms with E-state index in [4.69, 9.17) is 4.74 Å². The Morgan fingerprint density at radius 2 is 2.42 bits per heavy atom. The van der Waals surface area contributed by atoms with Gasteiger partial charge in [-0.3, -0.25) is 4.90 Å². The van der Waals surface area contributed by atoms with E-state index in [9.17, 15) is 0 Å². The van der Waals surface area contributed by atoms with E-state index in [2.05, 4.69) is 24.3 Å². The van der Waals surface area contributed by atoms with Crippen molar-refractivity contribution in [3.63, 3.8) is 0 Å². The zero-order valence-corrected chi connectivity index (χ0v) is 8.13.